The fourth-order valence-electron chi connectivity index (χ4n) is 3.64. The molecule has 1 atom stereocenters. The van der Waals surface area contributed by atoms with E-state index in [-0.39, 0.29) is 40.6 Å². The van der Waals surface area contributed by atoms with Crippen LogP contribution in [0.4, 0.5) is 11.4 Å². The van der Waals surface area contributed by atoms with E-state index < -0.39 is 16.1 Å². The minimum Gasteiger partial charge on any atom is -0.482 e. The SMILES string of the molecule is Cc1cccc(NC(=O)C2CCCN2S(=O)(=O)c2cc3c(cc2Cl)NC(=O)CO3)c1. The third-order valence-electron chi connectivity index (χ3n) is 5.05. The Hall–Kier alpha value is -2.62. The average molecular weight is 450 g/mol. The number of anilines is 2. The first kappa shape index (κ1) is 20.6. The van der Waals surface area contributed by atoms with E-state index in [1.54, 1.807) is 6.07 Å². The van der Waals surface area contributed by atoms with Gasteiger partial charge in [0.25, 0.3) is 5.91 Å². The maximum atomic E-state index is 13.3. The molecule has 1 unspecified atom stereocenters. The summed E-state index contributed by atoms with van der Waals surface area (Å²) in [6.07, 6.45) is 0.965. The number of ether oxygens (including phenoxy) is 1. The van der Waals surface area contributed by atoms with Crippen molar-refractivity contribution in [2.24, 2.45) is 0 Å². The summed E-state index contributed by atoms with van der Waals surface area (Å²) in [6.45, 7) is 1.91. The number of nitrogens with one attached hydrogen (secondary N) is 2. The molecule has 2 aliphatic rings. The molecular weight excluding hydrogens is 430 g/mol. The van der Waals surface area contributed by atoms with Crippen LogP contribution in [0, 0.1) is 6.92 Å². The van der Waals surface area contributed by atoms with Crippen molar-refractivity contribution >= 4 is 44.8 Å². The van der Waals surface area contributed by atoms with E-state index in [0.717, 1.165) is 5.56 Å². The number of amides is 2. The number of carbonyl (C=O) groups is 2. The standard InChI is InChI=1S/C20H20ClN3O5S/c1-12-4-2-5-13(8-12)22-20(26)16-6-3-7-24(16)30(27,28)18-10-17-15(9-14(18)21)23-19(25)11-29-17/h2,4-5,8-10,16H,3,6-7,11H2,1H3,(H,22,26)(H,23,25). The van der Waals surface area contributed by atoms with Gasteiger partial charge in [0.2, 0.25) is 15.9 Å². The second-order valence-corrected chi connectivity index (χ2v) is 9.51. The Morgan fingerprint density at radius 2 is 2.10 bits per heavy atom. The zero-order valence-corrected chi connectivity index (χ0v) is 17.7. The lowest BCUT2D eigenvalue weighted by molar-refractivity contribution is -0.119. The van der Waals surface area contributed by atoms with Crippen molar-refractivity contribution in [3.8, 4) is 5.75 Å². The molecule has 158 valence electrons. The molecule has 2 aromatic rings. The maximum Gasteiger partial charge on any atom is 0.262 e. The highest BCUT2D eigenvalue weighted by Crippen LogP contribution is 2.38. The van der Waals surface area contributed by atoms with Crippen LogP contribution >= 0.6 is 11.6 Å². The van der Waals surface area contributed by atoms with Crippen LogP contribution in [0.5, 0.6) is 5.75 Å². The van der Waals surface area contributed by atoms with Crippen molar-refractivity contribution in [3.05, 3.63) is 47.0 Å². The molecule has 0 spiro atoms. The fourth-order valence-corrected chi connectivity index (χ4v) is 5.82. The number of hydrogen-bond acceptors (Lipinski definition) is 5. The number of aryl methyl sites for hydroxylation is 1. The van der Waals surface area contributed by atoms with Crippen LogP contribution in [-0.4, -0.2) is 43.7 Å². The van der Waals surface area contributed by atoms with Crippen LogP contribution in [0.2, 0.25) is 5.02 Å². The van der Waals surface area contributed by atoms with Crippen LogP contribution in [0.25, 0.3) is 0 Å². The van der Waals surface area contributed by atoms with Gasteiger partial charge in [0.05, 0.1) is 10.7 Å². The molecule has 0 radical (unpaired) electrons. The van der Waals surface area contributed by atoms with E-state index in [2.05, 4.69) is 10.6 Å². The molecule has 0 bridgehead atoms. The Morgan fingerprint density at radius 1 is 1.30 bits per heavy atom. The second kappa shape index (κ2) is 7.90. The van der Waals surface area contributed by atoms with E-state index in [9.17, 15) is 18.0 Å². The summed E-state index contributed by atoms with van der Waals surface area (Å²) >= 11 is 6.23. The fraction of sp³-hybridized carbons (Fsp3) is 0.300. The first-order valence-electron chi connectivity index (χ1n) is 9.41. The Labute approximate surface area is 179 Å². The molecule has 10 heteroatoms. The van der Waals surface area contributed by atoms with Crippen LogP contribution in [0.15, 0.2) is 41.3 Å². The molecule has 0 saturated carbocycles. The molecule has 0 aromatic heterocycles. The van der Waals surface area contributed by atoms with E-state index in [4.69, 9.17) is 16.3 Å². The van der Waals surface area contributed by atoms with Gasteiger partial charge in [-0.2, -0.15) is 4.31 Å². The van der Waals surface area contributed by atoms with Gasteiger partial charge in [-0.25, -0.2) is 8.42 Å². The molecule has 2 N–H and O–H groups in total. The monoisotopic (exact) mass is 449 g/mol. The predicted molar refractivity (Wildman–Crippen MR) is 112 cm³/mol. The molecule has 2 heterocycles. The minimum atomic E-state index is -4.06. The van der Waals surface area contributed by atoms with Gasteiger partial charge in [-0.15, -0.1) is 0 Å². The quantitative estimate of drug-likeness (QED) is 0.746. The van der Waals surface area contributed by atoms with Gasteiger partial charge in [0.15, 0.2) is 6.61 Å². The number of fused-ring (bicyclic) bond motifs is 1. The third kappa shape index (κ3) is 3.88. The number of hydrogen-bond donors (Lipinski definition) is 2. The molecule has 2 aromatic carbocycles. The van der Waals surface area contributed by atoms with Gasteiger partial charge in [-0.1, -0.05) is 23.7 Å². The van der Waals surface area contributed by atoms with Crippen molar-refractivity contribution in [2.45, 2.75) is 30.7 Å². The minimum absolute atomic E-state index is 0.0516. The van der Waals surface area contributed by atoms with Crippen LogP contribution < -0.4 is 15.4 Å². The highest BCUT2D eigenvalue weighted by molar-refractivity contribution is 7.89. The Bertz CT molecular complexity index is 1140. The average Bonchev–Trinajstić information content (AvgIpc) is 3.18. The van der Waals surface area contributed by atoms with Crippen LogP contribution in [0.3, 0.4) is 0 Å². The first-order chi connectivity index (χ1) is 14.3. The van der Waals surface area contributed by atoms with Gasteiger partial charge < -0.3 is 15.4 Å². The molecule has 0 aliphatic carbocycles. The molecule has 1 saturated heterocycles. The molecule has 8 nitrogen and oxygen atoms in total. The van der Waals surface area contributed by atoms with E-state index >= 15 is 0 Å². The highest BCUT2D eigenvalue weighted by atomic mass is 35.5. The summed E-state index contributed by atoms with van der Waals surface area (Å²) in [5, 5.41) is 5.33. The van der Waals surface area contributed by atoms with Gasteiger partial charge in [-0.05, 0) is 43.5 Å². The largest absolute Gasteiger partial charge is 0.482 e. The second-order valence-electron chi connectivity index (χ2n) is 7.25. The van der Waals surface area contributed by atoms with Crippen LogP contribution in [0.1, 0.15) is 18.4 Å². The smallest absolute Gasteiger partial charge is 0.262 e. The summed E-state index contributed by atoms with van der Waals surface area (Å²) in [5.41, 5.74) is 1.90. The summed E-state index contributed by atoms with van der Waals surface area (Å²) in [7, 11) is -4.06. The summed E-state index contributed by atoms with van der Waals surface area (Å²) in [5.74, 6) is -0.515. The lowest BCUT2D eigenvalue weighted by atomic mass is 10.2. The Balaban J connectivity index is 1.62. The number of nitrogens with zero attached hydrogens (tertiary/aromatic N) is 1. The normalized spacial score (nSPS) is 19.0. The molecular formula is C20H20ClN3O5S. The molecule has 2 aliphatic heterocycles. The van der Waals surface area contributed by atoms with Crippen molar-refractivity contribution < 1.29 is 22.7 Å². The number of halogens is 1. The van der Waals surface area contributed by atoms with E-state index in [0.29, 0.717) is 24.2 Å². The summed E-state index contributed by atoms with van der Waals surface area (Å²) < 4.78 is 33.2. The van der Waals surface area contributed by atoms with Crippen molar-refractivity contribution in [3.63, 3.8) is 0 Å². The van der Waals surface area contributed by atoms with Crippen molar-refractivity contribution in [1.82, 2.24) is 4.31 Å². The molecule has 4 rings (SSSR count). The summed E-state index contributed by atoms with van der Waals surface area (Å²) in [6, 6.07) is 9.09. The van der Waals surface area contributed by atoms with Gasteiger partial charge in [0, 0.05) is 18.3 Å². The zero-order valence-electron chi connectivity index (χ0n) is 16.1. The van der Waals surface area contributed by atoms with Gasteiger partial charge >= 0.3 is 0 Å². The van der Waals surface area contributed by atoms with Crippen LogP contribution in [-0.2, 0) is 19.6 Å². The predicted octanol–water partition coefficient (Wildman–Crippen LogP) is 2.77. The Morgan fingerprint density at radius 3 is 2.87 bits per heavy atom. The number of rotatable bonds is 4. The van der Waals surface area contributed by atoms with E-state index in [1.165, 1.54) is 16.4 Å². The maximum absolute atomic E-state index is 13.3. The van der Waals surface area contributed by atoms with Gasteiger partial charge in [-0.3, -0.25) is 9.59 Å². The first-order valence-corrected chi connectivity index (χ1v) is 11.2. The lowest BCUT2D eigenvalue weighted by Gasteiger charge is -2.25. The van der Waals surface area contributed by atoms with Gasteiger partial charge in [0.1, 0.15) is 16.7 Å². The molecule has 30 heavy (non-hydrogen) atoms. The molecule has 2 amide bonds. The van der Waals surface area contributed by atoms with Crippen molar-refractivity contribution in [1.29, 1.82) is 0 Å². The topological polar surface area (TPSA) is 105 Å². The lowest BCUT2D eigenvalue weighted by Crippen LogP contribution is -2.43. The zero-order chi connectivity index (χ0) is 21.5. The molecule has 1 fully saturated rings. The number of carbonyl (C=O) groups excluding carboxylic acids is 2. The third-order valence-corrected chi connectivity index (χ3v) is 7.42. The summed E-state index contributed by atoms with van der Waals surface area (Å²) in [4.78, 5) is 24.2. The highest BCUT2D eigenvalue weighted by Gasteiger charge is 2.41. The van der Waals surface area contributed by atoms with E-state index in [1.807, 2.05) is 25.1 Å². The van der Waals surface area contributed by atoms with Crippen molar-refractivity contribution in [2.75, 3.05) is 23.8 Å². The number of sulfonamides is 1. The number of benzene rings is 2. The Kier molecular flexibility index (Phi) is 5.44.